The maximum Gasteiger partial charge on any atom is 0.328 e. The number of aromatic nitrogens is 1. The normalized spacial score (nSPS) is 12.2. The molecule has 1 heterocycles. The minimum absolute atomic E-state index is 0.335. The molecule has 14 heavy (non-hydrogen) atoms. The number of aryl methyl sites for hydroxylation is 1. The molecule has 0 saturated heterocycles. The maximum atomic E-state index is 11.2. The standard InChI is InChI=1S/C10H12ClNO2/c1-3-14-10(13)9(11)8-5-4-7(2)12-6-8/h4-6,9H,3H2,1-2H3. The first kappa shape index (κ1) is 11.0. The van der Waals surface area contributed by atoms with Crippen molar-refractivity contribution in [1.29, 1.82) is 0 Å². The fourth-order valence-corrected chi connectivity index (χ4v) is 1.17. The fourth-order valence-electron chi connectivity index (χ4n) is 0.981. The van der Waals surface area contributed by atoms with Gasteiger partial charge in [-0.05, 0) is 25.5 Å². The van der Waals surface area contributed by atoms with Crippen molar-refractivity contribution >= 4 is 17.6 Å². The molecule has 1 atom stereocenters. The molecule has 3 nitrogen and oxygen atoms in total. The van der Waals surface area contributed by atoms with Gasteiger partial charge in [-0.15, -0.1) is 11.6 Å². The summed E-state index contributed by atoms with van der Waals surface area (Å²) in [7, 11) is 0. The Hall–Kier alpha value is -1.09. The van der Waals surface area contributed by atoms with E-state index in [0.717, 1.165) is 5.69 Å². The van der Waals surface area contributed by atoms with E-state index in [0.29, 0.717) is 12.2 Å². The maximum absolute atomic E-state index is 11.2. The van der Waals surface area contributed by atoms with Gasteiger partial charge in [-0.1, -0.05) is 6.07 Å². The molecule has 0 aliphatic heterocycles. The quantitative estimate of drug-likeness (QED) is 0.571. The average Bonchev–Trinajstić information content (AvgIpc) is 2.18. The number of ether oxygens (including phenoxy) is 1. The van der Waals surface area contributed by atoms with Crippen molar-refractivity contribution in [2.45, 2.75) is 19.2 Å². The van der Waals surface area contributed by atoms with Gasteiger partial charge < -0.3 is 4.74 Å². The number of alkyl halides is 1. The van der Waals surface area contributed by atoms with Gasteiger partial charge in [0, 0.05) is 11.9 Å². The summed E-state index contributed by atoms with van der Waals surface area (Å²) in [6.07, 6.45) is 1.59. The second-order valence-corrected chi connectivity index (χ2v) is 3.28. The van der Waals surface area contributed by atoms with Gasteiger partial charge in [0.05, 0.1) is 6.61 Å². The molecule has 1 aromatic rings. The smallest absolute Gasteiger partial charge is 0.328 e. The summed E-state index contributed by atoms with van der Waals surface area (Å²) in [4.78, 5) is 15.3. The summed E-state index contributed by atoms with van der Waals surface area (Å²) in [5.74, 6) is -0.431. The number of hydrogen-bond acceptors (Lipinski definition) is 3. The summed E-state index contributed by atoms with van der Waals surface area (Å²) in [6, 6.07) is 3.58. The lowest BCUT2D eigenvalue weighted by Gasteiger charge is -2.08. The van der Waals surface area contributed by atoms with Crippen LogP contribution in [0.15, 0.2) is 18.3 Å². The number of halogens is 1. The van der Waals surface area contributed by atoms with Crippen LogP contribution in [0.4, 0.5) is 0 Å². The fraction of sp³-hybridized carbons (Fsp3) is 0.400. The minimum atomic E-state index is -0.761. The highest BCUT2D eigenvalue weighted by atomic mass is 35.5. The molecule has 4 heteroatoms. The molecule has 0 N–H and O–H groups in total. The summed E-state index contributed by atoms with van der Waals surface area (Å²) >= 11 is 5.87. The molecule has 0 aliphatic carbocycles. The van der Waals surface area contributed by atoms with Gasteiger partial charge >= 0.3 is 5.97 Å². The number of carbonyl (C=O) groups is 1. The lowest BCUT2D eigenvalue weighted by molar-refractivity contribution is -0.142. The van der Waals surface area contributed by atoms with Crippen molar-refractivity contribution in [3.05, 3.63) is 29.6 Å². The van der Waals surface area contributed by atoms with Crippen LogP contribution in [-0.2, 0) is 9.53 Å². The highest BCUT2D eigenvalue weighted by Crippen LogP contribution is 2.20. The topological polar surface area (TPSA) is 39.2 Å². The first-order chi connectivity index (χ1) is 6.65. The number of esters is 1. The van der Waals surface area contributed by atoms with Gasteiger partial charge in [0.1, 0.15) is 0 Å². The molecule has 0 aliphatic rings. The van der Waals surface area contributed by atoms with E-state index in [9.17, 15) is 4.79 Å². The Labute approximate surface area is 88.1 Å². The summed E-state index contributed by atoms with van der Waals surface area (Å²) < 4.78 is 4.79. The van der Waals surface area contributed by atoms with Gasteiger partial charge in [-0.25, -0.2) is 0 Å². The van der Waals surface area contributed by atoms with Crippen LogP contribution in [-0.4, -0.2) is 17.6 Å². The number of hydrogen-bond donors (Lipinski definition) is 0. The molecular formula is C10H12ClNO2. The third-order valence-electron chi connectivity index (χ3n) is 1.72. The molecule has 1 unspecified atom stereocenters. The molecule has 1 rings (SSSR count). The Morgan fingerprint density at radius 1 is 1.64 bits per heavy atom. The number of rotatable bonds is 3. The molecule has 0 bridgehead atoms. The van der Waals surface area contributed by atoms with E-state index < -0.39 is 11.3 Å². The highest BCUT2D eigenvalue weighted by molar-refractivity contribution is 6.29. The third-order valence-corrected chi connectivity index (χ3v) is 2.15. The van der Waals surface area contributed by atoms with Crippen molar-refractivity contribution < 1.29 is 9.53 Å². The molecule has 0 aromatic carbocycles. The van der Waals surface area contributed by atoms with Crippen LogP contribution in [0.5, 0.6) is 0 Å². The predicted molar refractivity (Wildman–Crippen MR) is 54.2 cm³/mol. The van der Waals surface area contributed by atoms with Crippen LogP contribution in [0.1, 0.15) is 23.6 Å². The second-order valence-electron chi connectivity index (χ2n) is 2.85. The average molecular weight is 214 g/mol. The zero-order valence-corrected chi connectivity index (χ0v) is 8.91. The van der Waals surface area contributed by atoms with Crippen LogP contribution in [0.3, 0.4) is 0 Å². The molecule has 0 radical (unpaired) electrons. The lowest BCUT2D eigenvalue weighted by atomic mass is 10.2. The Bertz CT molecular complexity index is 310. The molecule has 76 valence electrons. The van der Waals surface area contributed by atoms with Crippen LogP contribution < -0.4 is 0 Å². The Morgan fingerprint density at radius 3 is 2.86 bits per heavy atom. The summed E-state index contributed by atoms with van der Waals surface area (Å²) in [5, 5.41) is -0.761. The number of carbonyl (C=O) groups excluding carboxylic acids is 1. The van der Waals surface area contributed by atoms with E-state index in [2.05, 4.69) is 4.98 Å². The van der Waals surface area contributed by atoms with Crippen molar-refractivity contribution in [3.63, 3.8) is 0 Å². The second kappa shape index (κ2) is 4.96. The van der Waals surface area contributed by atoms with Crippen LogP contribution in [0, 0.1) is 6.92 Å². The zero-order valence-electron chi connectivity index (χ0n) is 8.16. The number of nitrogens with zero attached hydrogens (tertiary/aromatic N) is 1. The van der Waals surface area contributed by atoms with Gasteiger partial charge in [0.15, 0.2) is 5.38 Å². The molecular weight excluding hydrogens is 202 g/mol. The Kier molecular flexibility index (Phi) is 3.89. The zero-order chi connectivity index (χ0) is 10.6. The van der Waals surface area contributed by atoms with Gasteiger partial charge in [-0.2, -0.15) is 0 Å². The van der Waals surface area contributed by atoms with Gasteiger partial charge in [0.2, 0.25) is 0 Å². The van der Waals surface area contributed by atoms with Crippen molar-refractivity contribution in [3.8, 4) is 0 Å². The Balaban J connectivity index is 2.73. The first-order valence-electron chi connectivity index (χ1n) is 4.38. The van der Waals surface area contributed by atoms with E-state index in [-0.39, 0.29) is 0 Å². The first-order valence-corrected chi connectivity index (χ1v) is 4.82. The Morgan fingerprint density at radius 2 is 2.36 bits per heavy atom. The third kappa shape index (κ3) is 2.70. The largest absolute Gasteiger partial charge is 0.465 e. The van der Waals surface area contributed by atoms with Crippen LogP contribution in [0.2, 0.25) is 0 Å². The summed E-state index contributed by atoms with van der Waals surface area (Å²) in [5.41, 5.74) is 1.55. The minimum Gasteiger partial charge on any atom is -0.465 e. The van der Waals surface area contributed by atoms with Crippen molar-refractivity contribution in [2.75, 3.05) is 6.61 Å². The molecule has 0 fully saturated rings. The van der Waals surface area contributed by atoms with Crippen LogP contribution in [0.25, 0.3) is 0 Å². The van der Waals surface area contributed by atoms with E-state index in [4.69, 9.17) is 16.3 Å². The van der Waals surface area contributed by atoms with Crippen molar-refractivity contribution in [1.82, 2.24) is 4.98 Å². The van der Waals surface area contributed by atoms with Crippen LogP contribution >= 0.6 is 11.6 Å². The number of pyridine rings is 1. The van der Waals surface area contributed by atoms with Crippen molar-refractivity contribution in [2.24, 2.45) is 0 Å². The predicted octanol–water partition coefficient (Wildman–Crippen LogP) is 2.23. The van der Waals surface area contributed by atoms with E-state index >= 15 is 0 Å². The monoisotopic (exact) mass is 213 g/mol. The lowest BCUT2D eigenvalue weighted by Crippen LogP contribution is -2.11. The highest BCUT2D eigenvalue weighted by Gasteiger charge is 2.18. The van der Waals surface area contributed by atoms with Gasteiger partial charge in [-0.3, -0.25) is 9.78 Å². The SMILES string of the molecule is CCOC(=O)C(Cl)c1ccc(C)nc1. The van der Waals surface area contributed by atoms with E-state index in [1.807, 2.05) is 13.0 Å². The van der Waals surface area contributed by atoms with Gasteiger partial charge in [0.25, 0.3) is 0 Å². The van der Waals surface area contributed by atoms with E-state index in [1.165, 1.54) is 0 Å². The molecule has 1 aromatic heterocycles. The van der Waals surface area contributed by atoms with E-state index in [1.54, 1.807) is 19.2 Å². The summed E-state index contributed by atoms with van der Waals surface area (Å²) in [6.45, 7) is 3.95. The molecule has 0 spiro atoms. The molecule has 0 saturated carbocycles. The molecule has 0 amide bonds.